The average Bonchev–Trinajstić information content (AvgIpc) is 2.76. The summed E-state index contributed by atoms with van der Waals surface area (Å²) in [6.45, 7) is 15.0. The first-order valence-electron chi connectivity index (χ1n) is 8.75. The molecule has 3 aliphatic rings. The van der Waals surface area contributed by atoms with Gasteiger partial charge in [-0.15, -0.1) is 12.1 Å². The fourth-order valence-corrected chi connectivity index (χ4v) is 4.71. The van der Waals surface area contributed by atoms with Crippen LogP contribution in [0.15, 0.2) is 23.3 Å². The molecule has 0 aromatic carbocycles. The first-order chi connectivity index (χ1) is 9.65. The van der Waals surface area contributed by atoms with E-state index in [9.17, 15) is 0 Å². The van der Waals surface area contributed by atoms with Crippen molar-refractivity contribution in [1.29, 1.82) is 0 Å². The fraction of sp³-hybridized carbons (Fsp3) is 0.696. The Kier molecular flexibility index (Phi) is 10.3. The molecule has 4 unspecified atom stereocenters. The Labute approximate surface area is 174 Å². The predicted molar refractivity (Wildman–Crippen MR) is 111 cm³/mol. The molecule has 25 heavy (non-hydrogen) atoms. The van der Waals surface area contributed by atoms with E-state index in [-0.39, 0.29) is 49.5 Å². The van der Waals surface area contributed by atoms with Gasteiger partial charge in [-0.2, -0.15) is 0 Å². The van der Waals surface area contributed by atoms with Crippen LogP contribution in [0.25, 0.3) is 5.32 Å². The quantitative estimate of drug-likeness (QED) is 0.359. The normalized spacial score (nSPS) is 31.8. The number of nitrogens with zero attached hydrogens (tertiary/aromatic N) is 1. The molecule has 2 saturated carbocycles. The molecule has 2 heteroatoms. The van der Waals surface area contributed by atoms with Crippen molar-refractivity contribution in [1.82, 2.24) is 0 Å². The van der Waals surface area contributed by atoms with E-state index in [1.807, 2.05) is 0 Å². The van der Waals surface area contributed by atoms with Gasteiger partial charge in [-0.1, -0.05) is 59.6 Å². The SMILES string of the molecule is CC1CC2C=C3CC(C)(C)CC3=CC2C1C[N-]C(C)(C)C.[CH3-].[CH3-].[CH3-].[Ti+4]. The van der Waals surface area contributed by atoms with Gasteiger partial charge in [0.2, 0.25) is 0 Å². The van der Waals surface area contributed by atoms with Crippen molar-refractivity contribution in [3.05, 3.63) is 50.9 Å². The van der Waals surface area contributed by atoms with Crippen molar-refractivity contribution >= 4 is 0 Å². The van der Waals surface area contributed by atoms with Gasteiger partial charge in [0.1, 0.15) is 0 Å². The smallest absolute Gasteiger partial charge is 0.657 e. The zero-order chi connectivity index (χ0) is 15.4. The maximum Gasteiger partial charge on any atom is 4.00 e. The largest absolute Gasteiger partial charge is 4.00 e. The molecule has 0 radical (unpaired) electrons. The predicted octanol–water partition coefficient (Wildman–Crippen LogP) is 7.08. The van der Waals surface area contributed by atoms with E-state index in [0.29, 0.717) is 5.41 Å². The third-order valence-corrected chi connectivity index (χ3v) is 5.70. The van der Waals surface area contributed by atoms with Gasteiger partial charge in [0.05, 0.1) is 0 Å². The summed E-state index contributed by atoms with van der Waals surface area (Å²) in [6, 6.07) is 0. The van der Waals surface area contributed by atoms with Crippen LogP contribution in [0, 0.1) is 51.4 Å². The molecule has 1 nitrogen and oxygen atoms in total. The van der Waals surface area contributed by atoms with Crippen LogP contribution < -0.4 is 0 Å². The number of fused-ring (bicyclic) bond motifs is 2. The summed E-state index contributed by atoms with van der Waals surface area (Å²) in [5, 5.41) is 4.94. The molecule has 3 rings (SSSR count). The van der Waals surface area contributed by atoms with E-state index in [4.69, 9.17) is 5.32 Å². The topological polar surface area (TPSA) is 14.1 Å². The van der Waals surface area contributed by atoms with Crippen molar-refractivity contribution in [2.45, 2.75) is 66.3 Å². The molecule has 142 valence electrons. The molecule has 0 N–H and O–H groups in total. The fourth-order valence-electron chi connectivity index (χ4n) is 4.71. The van der Waals surface area contributed by atoms with Crippen LogP contribution in [-0.4, -0.2) is 12.1 Å². The molecule has 3 aliphatic carbocycles. The molecule has 0 aliphatic heterocycles. The summed E-state index contributed by atoms with van der Waals surface area (Å²) in [7, 11) is 0. The second-order valence-electron chi connectivity index (χ2n) is 9.53. The van der Waals surface area contributed by atoms with Gasteiger partial charge in [-0.25, -0.2) is 0 Å². The molecule has 4 atom stereocenters. The summed E-state index contributed by atoms with van der Waals surface area (Å²) in [6.07, 6.45) is 9.22. The molecule has 0 aromatic heterocycles. The maximum absolute atomic E-state index is 4.94. The number of hydrogen-bond acceptors (Lipinski definition) is 0. The van der Waals surface area contributed by atoms with Gasteiger partial charge in [-0.05, 0) is 53.6 Å². The third kappa shape index (κ3) is 6.08. The number of hydrogen-bond donors (Lipinski definition) is 0. The number of rotatable bonds is 2. The third-order valence-electron chi connectivity index (χ3n) is 5.70. The van der Waals surface area contributed by atoms with Gasteiger partial charge in [-0.3, -0.25) is 0 Å². The van der Waals surface area contributed by atoms with Crippen LogP contribution >= 0.6 is 0 Å². The van der Waals surface area contributed by atoms with E-state index in [1.54, 1.807) is 11.1 Å². The van der Waals surface area contributed by atoms with E-state index in [2.05, 4.69) is 53.7 Å². The molecule has 0 saturated heterocycles. The molecule has 0 spiro atoms. The Morgan fingerprint density at radius 3 is 2.08 bits per heavy atom. The first-order valence-corrected chi connectivity index (χ1v) is 8.75. The molecule has 0 amide bonds. The van der Waals surface area contributed by atoms with Gasteiger partial charge >= 0.3 is 21.7 Å². The Morgan fingerprint density at radius 2 is 1.56 bits per heavy atom. The van der Waals surface area contributed by atoms with Crippen molar-refractivity contribution in [3.63, 3.8) is 0 Å². The summed E-state index contributed by atoms with van der Waals surface area (Å²) < 4.78 is 0. The van der Waals surface area contributed by atoms with Crippen molar-refractivity contribution in [2.24, 2.45) is 29.1 Å². The maximum atomic E-state index is 4.94. The Morgan fingerprint density at radius 1 is 1.04 bits per heavy atom. The van der Waals surface area contributed by atoms with E-state index in [1.165, 1.54) is 19.3 Å². The standard InChI is InChI=1S/C20H32N.3CH3.Ti/c1-13-7-14-8-15-10-20(5,6)11-16(15)9-17(14)18(13)12-21-19(2,3)4;;;;/h8-9,13-14,17-18H,7,10-12H2,1-6H3;3*1H3;/q4*-1;+4. The molecule has 0 heterocycles. The minimum atomic E-state index is 0. The van der Waals surface area contributed by atoms with Crippen molar-refractivity contribution < 1.29 is 21.7 Å². The molecular weight excluding hydrogens is 338 g/mol. The second kappa shape index (κ2) is 9.38. The van der Waals surface area contributed by atoms with Crippen molar-refractivity contribution in [3.8, 4) is 0 Å². The van der Waals surface area contributed by atoms with Crippen LogP contribution in [0.3, 0.4) is 0 Å². The Bertz CT molecular complexity index is 481. The zero-order valence-corrected chi connectivity index (χ0v) is 19.8. The Balaban J connectivity index is 0. The molecule has 0 bridgehead atoms. The van der Waals surface area contributed by atoms with Gasteiger partial charge in [0.15, 0.2) is 0 Å². The molecule has 0 aromatic rings. The minimum Gasteiger partial charge on any atom is -0.657 e. The van der Waals surface area contributed by atoms with Gasteiger partial charge < -0.3 is 27.6 Å². The van der Waals surface area contributed by atoms with E-state index < -0.39 is 0 Å². The van der Waals surface area contributed by atoms with Gasteiger partial charge in [0, 0.05) is 0 Å². The molecular formula is C23H41NTi. The zero-order valence-electron chi connectivity index (χ0n) is 18.2. The number of allylic oxidation sites excluding steroid dienone is 4. The Hall–Kier alpha value is 0.154. The van der Waals surface area contributed by atoms with Crippen LogP contribution in [-0.2, 0) is 21.7 Å². The van der Waals surface area contributed by atoms with Crippen LogP contribution in [0.4, 0.5) is 0 Å². The summed E-state index contributed by atoms with van der Waals surface area (Å²) in [4.78, 5) is 0. The summed E-state index contributed by atoms with van der Waals surface area (Å²) >= 11 is 0. The van der Waals surface area contributed by atoms with E-state index >= 15 is 0 Å². The van der Waals surface area contributed by atoms with Gasteiger partial charge in [0.25, 0.3) is 0 Å². The van der Waals surface area contributed by atoms with Crippen LogP contribution in [0.2, 0.25) is 0 Å². The second-order valence-corrected chi connectivity index (χ2v) is 9.53. The molecule has 2 fully saturated rings. The summed E-state index contributed by atoms with van der Waals surface area (Å²) in [5.41, 5.74) is 3.92. The minimum absolute atomic E-state index is 0. The van der Waals surface area contributed by atoms with Crippen LogP contribution in [0.5, 0.6) is 0 Å². The van der Waals surface area contributed by atoms with Crippen LogP contribution in [0.1, 0.15) is 60.8 Å². The average molecular weight is 379 g/mol. The monoisotopic (exact) mass is 379 g/mol. The van der Waals surface area contributed by atoms with Crippen molar-refractivity contribution in [2.75, 3.05) is 6.54 Å². The summed E-state index contributed by atoms with van der Waals surface area (Å²) in [5.74, 6) is 3.10. The first kappa shape index (κ1) is 27.4. The van der Waals surface area contributed by atoms with E-state index in [0.717, 1.165) is 30.2 Å².